The highest BCUT2D eigenvalue weighted by Crippen LogP contribution is 2.44. The molecule has 1 aliphatic rings. The number of hydrogen-bond donors (Lipinski definition) is 1. The van der Waals surface area contributed by atoms with Crippen molar-refractivity contribution in [2.24, 2.45) is 11.3 Å². The van der Waals surface area contributed by atoms with Crippen molar-refractivity contribution in [1.82, 2.24) is 10.3 Å². The van der Waals surface area contributed by atoms with E-state index in [-0.39, 0.29) is 5.54 Å². The molecular formula is C18H32N2S. The highest BCUT2D eigenvalue weighted by Gasteiger charge is 2.38. The molecule has 0 aromatic carbocycles. The zero-order chi connectivity index (χ0) is 15.7. The molecule has 21 heavy (non-hydrogen) atoms. The van der Waals surface area contributed by atoms with Gasteiger partial charge < -0.3 is 5.32 Å². The van der Waals surface area contributed by atoms with Crippen molar-refractivity contribution in [3.63, 3.8) is 0 Å². The summed E-state index contributed by atoms with van der Waals surface area (Å²) >= 11 is 1.91. The van der Waals surface area contributed by atoms with E-state index < -0.39 is 0 Å². The maximum Gasteiger partial charge on any atom is 0.113 e. The lowest BCUT2D eigenvalue weighted by molar-refractivity contribution is 0.207. The van der Waals surface area contributed by atoms with Crippen LogP contribution in [-0.2, 0) is 12.0 Å². The lowest BCUT2D eigenvalue weighted by Gasteiger charge is -2.32. The van der Waals surface area contributed by atoms with Crippen molar-refractivity contribution in [2.45, 2.75) is 78.7 Å². The average molecular weight is 309 g/mol. The van der Waals surface area contributed by atoms with Crippen LogP contribution in [0.4, 0.5) is 0 Å². The van der Waals surface area contributed by atoms with Gasteiger partial charge in [-0.2, -0.15) is 0 Å². The van der Waals surface area contributed by atoms with Crippen LogP contribution < -0.4 is 5.32 Å². The first kappa shape index (κ1) is 17.0. The third kappa shape index (κ3) is 3.50. The first-order valence-electron chi connectivity index (χ1n) is 8.48. The van der Waals surface area contributed by atoms with Gasteiger partial charge in [0.25, 0.3) is 0 Å². The molecular weight excluding hydrogens is 276 g/mol. The molecule has 3 heteroatoms. The summed E-state index contributed by atoms with van der Waals surface area (Å²) in [6.07, 6.45) is 7.48. The maximum atomic E-state index is 4.98. The second-order valence-electron chi connectivity index (χ2n) is 7.70. The molecule has 1 aromatic heterocycles. The van der Waals surface area contributed by atoms with Gasteiger partial charge in [0.2, 0.25) is 0 Å². The molecule has 2 atom stereocenters. The van der Waals surface area contributed by atoms with Crippen LogP contribution in [0.5, 0.6) is 0 Å². The van der Waals surface area contributed by atoms with E-state index in [0.29, 0.717) is 5.41 Å². The average Bonchev–Trinajstić information content (AvgIpc) is 2.67. The van der Waals surface area contributed by atoms with E-state index in [9.17, 15) is 0 Å². The lowest BCUT2D eigenvalue weighted by atomic mass is 9.76. The molecule has 0 saturated heterocycles. The Hall–Kier alpha value is -0.410. The van der Waals surface area contributed by atoms with Crippen LogP contribution in [0.2, 0.25) is 0 Å². The van der Waals surface area contributed by atoms with E-state index >= 15 is 0 Å². The van der Waals surface area contributed by atoms with Crippen LogP contribution in [0.1, 0.15) is 75.4 Å². The number of nitrogens with zero attached hydrogens (tertiary/aromatic N) is 1. The molecule has 0 amide bonds. The van der Waals surface area contributed by atoms with Gasteiger partial charge in [0, 0.05) is 4.88 Å². The summed E-state index contributed by atoms with van der Waals surface area (Å²) in [4.78, 5) is 6.38. The summed E-state index contributed by atoms with van der Waals surface area (Å²) in [6, 6.07) is 0. The Morgan fingerprint density at radius 2 is 2.00 bits per heavy atom. The van der Waals surface area contributed by atoms with Gasteiger partial charge in [-0.3, -0.25) is 0 Å². The van der Waals surface area contributed by atoms with E-state index in [1.807, 2.05) is 11.3 Å². The molecule has 0 radical (unpaired) electrons. The Morgan fingerprint density at radius 1 is 1.29 bits per heavy atom. The molecule has 2 rings (SSSR count). The third-order valence-electron chi connectivity index (χ3n) is 5.42. The van der Waals surface area contributed by atoms with E-state index in [2.05, 4.69) is 47.0 Å². The highest BCUT2D eigenvalue weighted by atomic mass is 32.1. The summed E-state index contributed by atoms with van der Waals surface area (Å²) < 4.78 is 0. The maximum absolute atomic E-state index is 4.98. The summed E-state index contributed by atoms with van der Waals surface area (Å²) in [5, 5.41) is 4.99. The Balaban J connectivity index is 2.25. The van der Waals surface area contributed by atoms with E-state index in [1.165, 1.54) is 47.7 Å². The highest BCUT2D eigenvalue weighted by molar-refractivity contribution is 7.11. The topological polar surface area (TPSA) is 24.9 Å². The van der Waals surface area contributed by atoms with Gasteiger partial charge in [-0.15, -0.1) is 11.3 Å². The van der Waals surface area contributed by atoms with Crippen LogP contribution in [-0.4, -0.2) is 12.0 Å². The molecule has 1 aliphatic carbocycles. The zero-order valence-corrected chi connectivity index (χ0v) is 15.5. The SMILES string of the molecule is CCc1nc(C2(NC)CCCC(C(C)(C)C)CC2)sc1C. The molecule has 0 spiro atoms. The smallest absolute Gasteiger partial charge is 0.113 e. The van der Waals surface area contributed by atoms with Crippen molar-refractivity contribution < 1.29 is 0 Å². The van der Waals surface area contributed by atoms with Crippen molar-refractivity contribution in [3.05, 3.63) is 15.6 Å². The van der Waals surface area contributed by atoms with Gasteiger partial charge in [0.1, 0.15) is 5.01 Å². The Bertz CT molecular complexity index is 472. The molecule has 0 bridgehead atoms. The van der Waals surface area contributed by atoms with Gasteiger partial charge >= 0.3 is 0 Å². The first-order chi connectivity index (χ1) is 9.82. The fourth-order valence-electron chi connectivity index (χ4n) is 3.74. The normalized spacial score (nSPS) is 27.6. The standard InChI is InChI=1S/C18H32N2S/c1-7-15-13(2)21-16(20-15)18(19-6)11-8-9-14(10-12-18)17(3,4)5/h14,19H,7-12H2,1-6H3. The van der Waals surface area contributed by atoms with E-state index in [4.69, 9.17) is 4.98 Å². The van der Waals surface area contributed by atoms with Gasteiger partial charge in [0.05, 0.1) is 11.2 Å². The molecule has 1 heterocycles. The first-order valence-corrected chi connectivity index (χ1v) is 9.29. The molecule has 1 fully saturated rings. The van der Waals surface area contributed by atoms with Gasteiger partial charge in [0.15, 0.2) is 0 Å². The largest absolute Gasteiger partial charge is 0.308 e. The van der Waals surface area contributed by atoms with Crippen molar-refractivity contribution >= 4 is 11.3 Å². The predicted octanol–water partition coefficient (Wildman–Crippen LogP) is 5.06. The summed E-state index contributed by atoms with van der Waals surface area (Å²) in [7, 11) is 2.12. The van der Waals surface area contributed by atoms with Crippen LogP contribution in [0.3, 0.4) is 0 Å². The minimum Gasteiger partial charge on any atom is -0.308 e. The number of nitrogens with one attached hydrogen (secondary N) is 1. The van der Waals surface area contributed by atoms with Gasteiger partial charge in [-0.05, 0) is 57.4 Å². The van der Waals surface area contributed by atoms with Crippen LogP contribution >= 0.6 is 11.3 Å². The number of hydrogen-bond acceptors (Lipinski definition) is 3. The van der Waals surface area contributed by atoms with Crippen LogP contribution in [0, 0.1) is 18.3 Å². The molecule has 2 unspecified atom stereocenters. The monoisotopic (exact) mass is 308 g/mol. The Kier molecular flexibility index (Phi) is 5.15. The second kappa shape index (κ2) is 6.37. The van der Waals surface area contributed by atoms with E-state index in [1.54, 1.807) is 0 Å². The molecule has 120 valence electrons. The summed E-state index contributed by atoms with van der Waals surface area (Å²) in [5.41, 5.74) is 1.83. The van der Waals surface area contributed by atoms with Crippen LogP contribution in [0.15, 0.2) is 0 Å². The minimum absolute atomic E-state index is 0.114. The third-order valence-corrected chi connectivity index (χ3v) is 6.63. The number of aryl methyl sites for hydroxylation is 2. The van der Waals surface area contributed by atoms with Crippen LogP contribution in [0.25, 0.3) is 0 Å². The summed E-state index contributed by atoms with van der Waals surface area (Å²) in [5.74, 6) is 0.833. The molecule has 1 aromatic rings. The molecule has 1 saturated carbocycles. The predicted molar refractivity (Wildman–Crippen MR) is 93.0 cm³/mol. The number of thiazole rings is 1. The zero-order valence-electron chi connectivity index (χ0n) is 14.7. The Morgan fingerprint density at radius 3 is 2.52 bits per heavy atom. The quantitative estimate of drug-likeness (QED) is 0.790. The number of rotatable bonds is 3. The second-order valence-corrected chi connectivity index (χ2v) is 8.90. The Labute approximate surface area is 134 Å². The fourth-order valence-corrected chi connectivity index (χ4v) is 4.99. The van der Waals surface area contributed by atoms with Crippen molar-refractivity contribution in [2.75, 3.05) is 7.05 Å². The number of aromatic nitrogens is 1. The molecule has 1 N–H and O–H groups in total. The molecule has 2 nitrogen and oxygen atoms in total. The van der Waals surface area contributed by atoms with Gasteiger partial charge in [-0.25, -0.2) is 4.98 Å². The summed E-state index contributed by atoms with van der Waals surface area (Å²) in [6.45, 7) is 11.6. The van der Waals surface area contributed by atoms with Gasteiger partial charge in [-0.1, -0.05) is 34.1 Å². The van der Waals surface area contributed by atoms with Crippen molar-refractivity contribution in [3.8, 4) is 0 Å². The lowest BCUT2D eigenvalue weighted by Crippen LogP contribution is -2.39. The molecule has 0 aliphatic heterocycles. The van der Waals surface area contributed by atoms with Crippen molar-refractivity contribution in [1.29, 1.82) is 0 Å². The van der Waals surface area contributed by atoms with E-state index in [0.717, 1.165) is 12.3 Å². The fraction of sp³-hybridized carbons (Fsp3) is 0.833. The minimum atomic E-state index is 0.114.